The van der Waals surface area contributed by atoms with E-state index in [9.17, 15) is 14.4 Å². The Morgan fingerprint density at radius 1 is 0.241 bits per heavy atom. The number of carbonyl (C=O) groups excluding carboxylic acids is 3. The number of esters is 3. The van der Waals surface area contributed by atoms with Gasteiger partial charge in [0.25, 0.3) is 0 Å². The van der Waals surface area contributed by atoms with Gasteiger partial charge in [0.05, 0.1) is 0 Å². The summed E-state index contributed by atoms with van der Waals surface area (Å²) in [7, 11) is 0. The van der Waals surface area contributed by atoms with Crippen molar-refractivity contribution < 1.29 is 28.6 Å². The van der Waals surface area contributed by atoms with Crippen LogP contribution in [0, 0.1) is 0 Å². The van der Waals surface area contributed by atoms with E-state index in [-0.39, 0.29) is 37.5 Å². The standard InChI is InChI=1S/C77H122O6/c1-4-7-10-13-16-19-22-25-28-30-32-34-35-36-37-38-39-40-41-43-44-46-49-52-55-58-61-64-67-70-76(79)82-73-74(72-81-75(78)69-66-63-60-57-54-51-48-27-24-21-18-15-12-9-6-3)83-77(80)71-68-65-62-59-56-53-50-47-45-42-33-31-29-26-23-20-17-14-11-8-5-2/h7-12,16-21,25-29,32-34,36-37,42,47-48,50,56,59,74H,4-6,13-15,22-24,30-31,35,38-41,43-46,49,51-55,57-58,60-73H2,1-3H3/b10-7-,11-8-,12-9-,19-16-,20-17-,21-18-,28-25-,29-26-,34-32-,37-36-,42-33-,48-27-,50-47-,59-56-. The highest BCUT2D eigenvalue weighted by molar-refractivity contribution is 5.71. The Balaban J connectivity index is 4.41. The summed E-state index contributed by atoms with van der Waals surface area (Å²) < 4.78 is 16.9. The van der Waals surface area contributed by atoms with Crippen molar-refractivity contribution in [3.63, 3.8) is 0 Å². The lowest BCUT2D eigenvalue weighted by Crippen LogP contribution is -2.30. The summed E-state index contributed by atoms with van der Waals surface area (Å²) in [6.07, 6.45) is 102. The van der Waals surface area contributed by atoms with Gasteiger partial charge >= 0.3 is 17.9 Å². The summed E-state index contributed by atoms with van der Waals surface area (Å²) in [5.74, 6) is -0.972. The fourth-order valence-electron chi connectivity index (χ4n) is 8.78. The normalized spacial score (nSPS) is 13.2. The molecular weight excluding hydrogens is 1020 g/mol. The van der Waals surface area contributed by atoms with Crippen LogP contribution < -0.4 is 0 Å². The molecule has 0 heterocycles. The van der Waals surface area contributed by atoms with Gasteiger partial charge in [-0.05, 0) is 148 Å². The monoisotopic (exact) mass is 1140 g/mol. The van der Waals surface area contributed by atoms with Crippen molar-refractivity contribution in [3.8, 4) is 0 Å². The first-order chi connectivity index (χ1) is 41.0. The zero-order valence-electron chi connectivity index (χ0n) is 53.4. The molecule has 0 saturated heterocycles. The Morgan fingerprint density at radius 2 is 0.434 bits per heavy atom. The molecule has 0 aliphatic rings. The van der Waals surface area contributed by atoms with Crippen LogP contribution in [0.25, 0.3) is 0 Å². The van der Waals surface area contributed by atoms with Gasteiger partial charge in [-0.15, -0.1) is 0 Å². The van der Waals surface area contributed by atoms with Crippen molar-refractivity contribution in [2.45, 2.75) is 284 Å². The molecule has 0 aliphatic heterocycles. The van der Waals surface area contributed by atoms with Crippen LogP contribution in [-0.2, 0) is 28.6 Å². The van der Waals surface area contributed by atoms with Crippen molar-refractivity contribution >= 4 is 17.9 Å². The van der Waals surface area contributed by atoms with Crippen LogP contribution in [0.3, 0.4) is 0 Å². The molecule has 0 rings (SSSR count). The molecule has 0 saturated carbocycles. The van der Waals surface area contributed by atoms with E-state index >= 15 is 0 Å². The molecule has 6 nitrogen and oxygen atoms in total. The number of allylic oxidation sites excluding steroid dienone is 28. The highest BCUT2D eigenvalue weighted by atomic mass is 16.6. The third kappa shape index (κ3) is 67.4. The molecular formula is C77H122O6. The zero-order chi connectivity index (χ0) is 59.9. The number of hydrogen-bond acceptors (Lipinski definition) is 6. The quantitative estimate of drug-likeness (QED) is 0.0261. The predicted molar refractivity (Wildman–Crippen MR) is 361 cm³/mol. The maximum atomic E-state index is 12.9. The van der Waals surface area contributed by atoms with E-state index in [4.69, 9.17) is 14.2 Å². The van der Waals surface area contributed by atoms with E-state index in [2.05, 4.69) is 191 Å². The molecule has 0 radical (unpaired) electrons. The van der Waals surface area contributed by atoms with Gasteiger partial charge < -0.3 is 14.2 Å². The molecule has 1 atom stereocenters. The minimum absolute atomic E-state index is 0.109. The number of unbranched alkanes of at least 4 members (excludes halogenated alkanes) is 20. The average Bonchev–Trinajstić information content (AvgIpc) is 3.49. The maximum absolute atomic E-state index is 12.9. The first-order valence-corrected chi connectivity index (χ1v) is 33.6. The Morgan fingerprint density at radius 3 is 0.699 bits per heavy atom. The average molecular weight is 1140 g/mol. The third-order valence-electron chi connectivity index (χ3n) is 13.7. The Hall–Kier alpha value is -5.23. The van der Waals surface area contributed by atoms with Crippen LogP contribution in [0.15, 0.2) is 170 Å². The molecule has 0 aromatic heterocycles. The fourth-order valence-corrected chi connectivity index (χ4v) is 8.78. The fraction of sp³-hybridized carbons (Fsp3) is 0.597. The molecule has 466 valence electrons. The van der Waals surface area contributed by atoms with Gasteiger partial charge in [-0.25, -0.2) is 0 Å². The Bertz CT molecular complexity index is 1890. The molecule has 0 bridgehead atoms. The van der Waals surface area contributed by atoms with Gasteiger partial charge in [-0.3, -0.25) is 14.4 Å². The van der Waals surface area contributed by atoms with E-state index in [0.29, 0.717) is 19.3 Å². The van der Waals surface area contributed by atoms with Crippen LogP contribution in [0.4, 0.5) is 0 Å². The van der Waals surface area contributed by atoms with Gasteiger partial charge in [0.1, 0.15) is 13.2 Å². The number of rotatable bonds is 59. The van der Waals surface area contributed by atoms with Gasteiger partial charge in [0, 0.05) is 19.3 Å². The Labute approximate surface area is 511 Å². The molecule has 83 heavy (non-hydrogen) atoms. The highest BCUT2D eigenvalue weighted by Gasteiger charge is 2.19. The van der Waals surface area contributed by atoms with Crippen molar-refractivity contribution in [2.75, 3.05) is 13.2 Å². The molecule has 0 aromatic carbocycles. The Kier molecular flexibility index (Phi) is 64.9. The number of carbonyl (C=O) groups is 3. The first kappa shape index (κ1) is 77.8. The minimum Gasteiger partial charge on any atom is -0.462 e. The van der Waals surface area contributed by atoms with E-state index in [1.807, 2.05) is 0 Å². The van der Waals surface area contributed by atoms with E-state index in [1.165, 1.54) is 70.6 Å². The van der Waals surface area contributed by atoms with E-state index in [1.54, 1.807) is 0 Å². The van der Waals surface area contributed by atoms with Gasteiger partial charge in [-0.1, -0.05) is 281 Å². The van der Waals surface area contributed by atoms with Crippen molar-refractivity contribution in [2.24, 2.45) is 0 Å². The summed E-state index contributed by atoms with van der Waals surface area (Å²) >= 11 is 0. The SMILES string of the molecule is CC/C=C\C/C=C\C/C=C\C/C=C\C/C=C\C/C=C\CCCCC(=O)OC(COC(=O)CCCCCCC/C=C\C/C=C\C/C=C\CC)COC(=O)CCCCCCCCCCCCCCC/C=C\C/C=C\C/C=C\C/C=C\C/C=C\CC. The van der Waals surface area contributed by atoms with Gasteiger partial charge in [-0.2, -0.15) is 0 Å². The molecule has 6 heteroatoms. The van der Waals surface area contributed by atoms with Crippen molar-refractivity contribution in [3.05, 3.63) is 170 Å². The van der Waals surface area contributed by atoms with Crippen molar-refractivity contribution in [1.82, 2.24) is 0 Å². The third-order valence-corrected chi connectivity index (χ3v) is 13.7. The second-order valence-electron chi connectivity index (χ2n) is 21.6. The maximum Gasteiger partial charge on any atom is 0.306 e. The molecule has 0 amide bonds. The van der Waals surface area contributed by atoms with Gasteiger partial charge in [0.15, 0.2) is 6.10 Å². The van der Waals surface area contributed by atoms with Gasteiger partial charge in [0.2, 0.25) is 0 Å². The molecule has 1 unspecified atom stereocenters. The first-order valence-electron chi connectivity index (χ1n) is 33.6. The molecule has 0 aromatic rings. The summed E-state index contributed by atoms with van der Waals surface area (Å²) in [5.41, 5.74) is 0. The van der Waals surface area contributed by atoms with Crippen LogP contribution in [-0.4, -0.2) is 37.2 Å². The molecule has 0 N–H and O–H groups in total. The van der Waals surface area contributed by atoms with Crippen molar-refractivity contribution in [1.29, 1.82) is 0 Å². The number of hydrogen-bond donors (Lipinski definition) is 0. The summed E-state index contributed by atoms with van der Waals surface area (Å²) in [5, 5.41) is 0. The molecule has 0 spiro atoms. The predicted octanol–water partition coefficient (Wildman–Crippen LogP) is 23.4. The lowest BCUT2D eigenvalue weighted by molar-refractivity contribution is -0.167. The minimum atomic E-state index is -0.819. The summed E-state index contributed by atoms with van der Waals surface area (Å²) in [6.45, 7) is 6.25. The number of ether oxygens (including phenoxy) is 3. The summed E-state index contributed by atoms with van der Waals surface area (Å²) in [6, 6.07) is 0. The molecule has 0 aliphatic carbocycles. The topological polar surface area (TPSA) is 78.9 Å². The second-order valence-corrected chi connectivity index (χ2v) is 21.6. The lowest BCUT2D eigenvalue weighted by atomic mass is 10.0. The largest absolute Gasteiger partial charge is 0.462 e. The highest BCUT2D eigenvalue weighted by Crippen LogP contribution is 2.15. The van der Waals surface area contributed by atoms with Crippen LogP contribution in [0.1, 0.15) is 278 Å². The van der Waals surface area contributed by atoms with Crippen LogP contribution in [0.5, 0.6) is 0 Å². The summed E-state index contributed by atoms with van der Waals surface area (Å²) in [4.78, 5) is 38.4. The molecule has 0 fully saturated rings. The van der Waals surface area contributed by atoms with E-state index in [0.717, 1.165) is 161 Å². The second kappa shape index (κ2) is 69.3. The zero-order valence-corrected chi connectivity index (χ0v) is 53.4. The van der Waals surface area contributed by atoms with Crippen LogP contribution in [0.2, 0.25) is 0 Å². The van der Waals surface area contributed by atoms with E-state index < -0.39 is 6.10 Å². The smallest absolute Gasteiger partial charge is 0.306 e. The van der Waals surface area contributed by atoms with Crippen LogP contribution >= 0.6 is 0 Å². The lowest BCUT2D eigenvalue weighted by Gasteiger charge is -2.18.